The van der Waals surface area contributed by atoms with Crippen LogP contribution in [0.1, 0.15) is 11.1 Å². The standard InChI is InChI=1S/C24H32N4O3/c1-18-6-5-7-22(19(18)2)25-23(29)16-26(3)17-24(30)28-14-12-27(13-15-28)20-8-10-21(31-4)11-9-20/h5-11H,12-17H2,1-4H3,(H,25,29)/p+1. The molecule has 2 aromatic rings. The van der Waals surface area contributed by atoms with Crippen molar-refractivity contribution in [2.45, 2.75) is 13.8 Å². The number of carbonyl (C=O) groups is 2. The van der Waals surface area contributed by atoms with Crippen molar-refractivity contribution in [1.82, 2.24) is 4.90 Å². The van der Waals surface area contributed by atoms with Crippen molar-refractivity contribution in [3.63, 3.8) is 0 Å². The average Bonchev–Trinajstić information content (AvgIpc) is 2.77. The summed E-state index contributed by atoms with van der Waals surface area (Å²) in [6.07, 6.45) is 0. The summed E-state index contributed by atoms with van der Waals surface area (Å²) in [5.41, 5.74) is 4.18. The first-order chi connectivity index (χ1) is 14.9. The molecule has 3 rings (SSSR count). The first kappa shape index (κ1) is 22.6. The summed E-state index contributed by atoms with van der Waals surface area (Å²) in [7, 11) is 3.54. The fourth-order valence-electron chi connectivity index (χ4n) is 3.79. The topological polar surface area (TPSA) is 66.3 Å². The zero-order valence-corrected chi connectivity index (χ0v) is 18.9. The highest BCUT2D eigenvalue weighted by atomic mass is 16.5. The van der Waals surface area contributed by atoms with Gasteiger partial charge < -0.3 is 24.8 Å². The van der Waals surface area contributed by atoms with Crippen LogP contribution in [0.4, 0.5) is 11.4 Å². The van der Waals surface area contributed by atoms with Gasteiger partial charge in [0.25, 0.3) is 11.8 Å². The lowest BCUT2D eigenvalue weighted by Gasteiger charge is -2.36. The maximum Gasteiger partial charge on any atom is 0.279 e. The van der Waals surface area contributed by atoms with E-state index in [1.807, 2.05) is 68.3 Å². The third kappa shape index (κ3) is 5.98. The number of piperazine rings is 1. The van der Waals surface area contributed by atoms with Crippen LogP contribution in [0.15, 0.2) is 42.5 Å². The molecule has 1 aliphatic rings. The second-order valence-electron chi connectivity index (χ2n) is 8.17. The number of ether oxygens (including phenoxy) is 1. The summed E-state index contributed by atoms with van der Waals surface area (Å²) in [5, 5.41) is 2.97. The van der Waals surface area contributed by atoms with Crippen LogP contribution in [-0.4, -0.2) is 70.1 Å². The van der Waals surface area contributed by atoms with Crippen molar-refractivity contribution in [2.75, 3.05) is 63.6 Å². The molecule has 0 bridgehead atoms. The lowest BCUT2D eigenvalue weighted by molar-refractivity contribution is -0.862. The maximum atomic E-state index is 12.7. The van der Waals surface area contributed by atoms with Crippen LogP contribution in [0.25, 0.3) is 0 Å². The molecule has 1 aliphatic heterocycles. The number of carbonyl (C=O) groups excluding carboxylic acids is 2. The van der Waals surface area contributed by atoms with Gasteiger partial charge in [0.15, 0.2) is 13.1 Å². The summed E-state index contributed by atoms with van der Waals surface area (Å²) in [4.78, 5) is 30.2. The van der Waals surface area contributed by atoms with E-state index in [2.05, 4.69) is 10.2 Å². The van der Waals surface area contributed by atoms with E-state index < -0.39 is 0 Å². The molecule has 166 valence electrons. The van der Waals surface area contributed by atoms with Gasteiger partial charge in [-0.15, -0.1) is 0 Å². The predicted octanol–water partition coefficient (Wildman–Crippen LogP) is 1.11. The van der Waals surface area contributed by atoms with Crippen molar-refractivity contribution < 1.29 is 19.2 Å². The molecular formula is C24H33N4O3+. The van der Waals surface area contributed by atoms with Gasteiger partial charge in [-0.1, -0.05) is 12.1 Å². The summed E-state index contributed by atoms with van der Waals surface area (Å²) in [5.74, 6) is 0.847. The van der Waals surface area contributed by atoms with Crippen LogP contribution in [0, 0.1) is 13.8 Å². The van der Waals surface area contributed by atoms with Gasteiger partial charge in [0.2, 0.25) is 0 Å². The number of likely N-dealkylation sites (N-methyl/N-ethyl adjacent to an activating group) is 1. The highest BCUT2D eigenvalue weighted by Crippen LogP contribution is 2.20. The molecule has 0 saturated carbocycles. The number of quaternary nitrogens is 1. The zero-order valence-electron chi connectivity index (χ0n) is 18.9. The second-order valence-corrected chi connectivity index (χ2v) is 8.17. The van der Waals surface area contributed by atoms with Gasteiger partial charge in [0, 0.05) is 37.6 Å². The molecule has 31 heavy (non-hydrogen) atoms. The van der Waals surface area contributed by atoms with Crippen molar-refractivity contribution in [1.29, 1.82) is 0 Å². The van der Waals surface area contributed by atoms with Crippen molar-refractivity contribution in [3.05, 3.63) is 53.6 Å². The minimum Gasteiger partial charge on any atom is -0.497 e. The Hall–Kier alpha value is -3.06. The van der Waals surface area contributed by atoms with Gasteiger partial charge in [-0.05, 0) is 55.3 Å². The van der Waals surface area contributed by atoms with Crippen LogP contribution < -0.4 is 19.9 Å². The fourth-order valence-corrected chi connectivity index (χ4v) is 3.79. The molecule has 0 aromatic heterocycles. The van der Waals surface area contributed by atoms with Crippen molar-refractivity contribution in [3.8, 4) is 5.75 Å². The number of hydrogen-bond acceptors (Lipinski definition) is 4. The van der Waals surface area contributed by atoms with Gasteiger partial charge >= 0.3 is 0 Å². The molecule has 1 fully saturated rings. The molecule has 1 saturated heterocycles. The SMILES string of the molecule is COc1ccc(N2CCN(C(=O)C[NH+](C)CC(=O)Nc3cccc(C)c3C)CC2)cc1. The molecule has 7 nitrogen and oxygen atoms in total. The molecule has 2 amide bonds. The molecule has 7 heteroatoms. The van der Waals surface area contributed by atoms with E-state index in [1.54, 1.807) is 7.11 Å². The van der Waals surface area contributed by atoms with E-state index >= 15 is 0 Å². The smallest absolute Gasteiger partial charge is 0.279 e. The number of anilines is 2. The van der Waals surface area contributed by atoms with Crippen LogP contribution >= 0.6 is 0 Å². The number of amides is 2. The van der Waals surface area contributed by atoms with Crippen LogP contribution in [0.3, 0.4) is 0 Å². The van der Waals surface area contributed by atoms with Crippen molar-refractivity contribution >= 4 is 23.2 Å². The molecule has 1 atom stereocenters. The summed E-state index contributed by atoms with van der Waals surface area (Å²) < 4.78 is 5.21. The van der Waals surface area contributed by atoms with Crippen LogP contribution in [0.5, 0.6) is 5.75 Å². The molecule has 1 heterocycles. The minimum atomic E-state index is -0.0803. The normalized spacial score (nSPS) is 14.8. The molecule has 0 radical (unpaired) electrons. The van der Waals surface area contributed by atoms with Gasteiger partial charge in [-0.2, -0.15) is 0 Å². The van der Waals surface area contributed by atoms with E-state index in [0.29, 0.717) is 19.6 Å². The summed E-state index contributed by atoms with van der Waals surface area (Å²) in [6.45, 7) is 7.55. The van der Waals surface area contributed by atoms with E-state index in [4.69, 9.17) is 4.74 Å². The van der Waals surface area contributed by atoms with Crippen LogP contribution in [-0.2, 0) is 9.59 Å². The number of hydrogen-bond donors (Lipinski definition) is 2. The maximum absolute atomic E-state index is 12.7. The lowest BCUT2D eigenvalue weighted by Crippen LogP contribution is -3.11. The molecule has 2 aromatic carbocycles. The average molecular weight is 426 g/mol. The quantitative estimate of drug-likeness (QED) is 0.698. The first-order valence-electron chi connectivity index (χ1n) is 10.7. The minimum absolute atomic E-state index is 0.0803. The van der Waals surface area contributed by atoms with Crippen molar-refractivity contribution in [2.24, 2.45) is 0 Å². The monoisotopic (exact) mass is 425 g/mol. The number of aryl methyl sites for hydroxylation is 1. The largest absolute Gasteiger partial charge is 0.497 e. The lowest BCUT2D eigenvalue weighted by atomic mass is 10.1. The third-order valence-corrected chi connectivity index (χ3v) is 5.86. The Bertz CT molecular complexity index is 906. The Morgan fingerprint density at radius 3 is 2.32 bits per heavy atom. The number of benzene rings is 2. The molecule has 1 unspecified atom stereocenters. The number of methoxy groups -OCH3 is 1. The number of rotatable bonds is 7. The summed E-state index contributed by atoms with van der Waals surface area (Å²) >= 11 is 0. The van der Waals surface area contributed by atoms with E-state index in [0.717, 1.165) is 46.2 Å². The van der Waals surface area contributed by atoms with E-state index in [1.165, 1.54) is 0 Å². The molecule has 0 spiro atoms. The zero-order chi connectivity index (χ0) is 22.4. The van der Waals surface area contributed by atoms with Gasteiger partial charge in [0.05, 0.1) is 14.2 Å². The summed E-state index contributed by atoms with van der Waals surface area (Å²) in [6, 6.07) is 13.9. The third-order valence-electron chi connectivity index (χ3n) is 5.86. The Labute approximate surface area is 184 Å². The Morgan fingerprint density at radius 1 is 1.00 bits per heavy atom. The van der Waals surface area contributed by atoms with Gasteiger partial charge in [-0.3, -0.25) is 9.59 Å². The molecule has 0 aliphatic carbocycles. The first-order valence-corrected chi connectivity index (χ1v) is 10.7. The Balaban J connectivity index is 1.44. The fraction of sp³-hybridized carbons (Fsp3) is 0.417. The van der Waals surface area contributed by atoms with Gasteiger partial charge in [-0.25, -0.2) is 0 Å². The van der Waals surface area contributed by atoms with E-state index in [9.17, 15) is 9.59 Å². The Morgan fingerprint density at radius 2 is 1.68 bits per heavy atom. The highest BCUT2D eigenvalue weighted by molar-refractivity contribution is 5.92. The number of nitrogens with zero attached hydrogens (tertiary/aromatic N) is 2. The predicted molar refractivity (Wildman–Crippen MR) is 123 cm³/mol. The number of nitrogens with one attached hydrogen (secondary N) is 2. The van der Waals surface area contributed by atoms with Crippen LogP contribution in [0.2, 0.25) is 0 Å². The van der Waals surface area contributed by atoms with Gasteiger partial charge in [0.1, 0.15) is 5.75 Å². The second kappa shape index (κ2) is 10.3. The molecular weight excluding hydrogens is 392 g/mol. The highest BCUT2D eigenvalue weighted by Gasteiger charge is 2.24. The molecule has 2 N–H and O–H groups in total. The van der Waals surface area contributed by atoms with E-state index in [-0.39, 0.29) is 18.4 Å². The Kier molecular flexibility index (Phi) is 7.52.